The summed E-state index contributed by atoms with van der Waals surface area (Å²) in [4.78, 5) is 4.40. The molecule has 4 nitrogen and oxygen atoms in total. The van der Waals surface area contributed by atoms with Crippen molar-refractivity contribution < 1.29 is 0 Å². The van der Waals surface area contributed by atoms with Crippen molar-refractivity contribution >= 4 is 17.4 Å². The Labute approximate surface area is 119 Å². The lowest BCUT2D eigenvalue weighted by Crippen LogP contribution is -2.15. The molecule has 0 aliphatic heterocycles. The normalized spacial score (nSPS) is 11.3. The minimum absolute atomic E-state index is 0.865. The summed E-state index contributed by atoms with van der Waals surface area (Å²) in [6, 6.07) is 1.99. The van der Waals surface area contributed by atoms with E-state index in [1.54, 1.807) is 0 Å². The molecule has 2 aromatic rings. The Balaban J connectivity index is 1.72. The van der Waals surface area contributed by atoms with E-state index in [0.717, 1.165) is 24.4 Å². The molecule has 0 amide bonds. The fourth-order valence-corrected chi connectivity index (χ4v) is 2.52. The van der Waals surface area contributed by atoms with Gasteiger partial charge < -0.3 is 5.32 Å². The number of hydrogen-bond acceptors (Lipinski definition) is 4. The molecule has 104 valence electrons. The van der Waals surface area contributed by atoms with Gasteiger partial charge in [-0.15, -0.1) is 0 Å². The van der Waals surface area contributed by atoms with Crippen LogP contribution in [0.3, 0.4) is 0 Å². The fraction of sp³-hybridized carbons (Fsp3) is 0.571. The smallest absolute Gasteiger partial charge is 0.155 e. The van der Waals surface area contributed by atoms with Crippen LogP contribution in [0.1, 0.15) is 30.5 Å². The molecule has 0 unspecified atom stereocenters. The van der Waals surface area contributed by atoms with Crippen LogP contribution in [0, 0.1) is 6.92 Å². The summed E-state index contributed by atoms with van der Waals surface area (Å²) in [5.41, 5.74) is 3.10. The molecule has 0 radical (unpaired) electrons. The largest absolute Gasteiger partial charge is 0.313 e. The van der Waals surface area contributed by atoms with Gasteiger partial charge in [0.05, 0.1) is 5.69 Å². The number of hydrogen-bond donors (Lipinski definition) is 1. The van der Waals surface area contributed by atoms with Gasteiger partial charge in [0, 0.05) is 30.6 Å². The molecule has 5 heteroatoms. The fourth-order valence-electron chi connectivity index (χ4n) is 2.03. The van der Waals surface area contributed by atoms with Gasteiger partial charge in [-0.1, -0.05) is 6.42 Å². The van der Waals surface area contributed by atoms with Crippen LogP contribution in [0.25, 0.3) is 5.65 Å². The van der Waals surface area contributed by atoms with Crippen LogP contribution in [-0.4, -0.2) is 33.2 Å². The standard InChI is InChI=1S/C14H22N4S/c1-12-8-14-16-10-13(11-18(14)17-12)9-15-6-4-3-5-7-19-2/h8,10-11,15H,3-7,9H2,1-2H3. The molecule has 2 rings (SSSR count). The molecule has 0 aliphatic rings. The first-order valence-electron chi connectivity index (χ1n) is 6.80. The molecule has 19 heavy (non-hydrogen) atoms. The zero-order valence-electron chi connectivity index (χ0n) is 11.7. The third-order valence-corrected chi connectivity index (χ3v) is 3.72. The Kier molecular flexibility index (Phi) is 5.66. The number of aromatic nitrogens is 3. The van der Waals surface area contributed by atoms with Gasteiger partial charge in [0.2, 0.25) is 0 Å². The molecule has 0 aliphatic carbocycles. The predicted molar refractivity (Wildman–Crippen MR) is 81.7 cm³/mol. The van der Waals surface area contributed by atoms with Crippen molar-refractivity contribution in [2.75, 3.05) is 18.6 Å². The van der Waals surface area contributed by atoms with Crippen LogP contribution < -0.4 is 5.32 Å². The van der Waals surface area contributed by atoms with Crippen LogP contribution >= 0.6 is 11.8 Å². The molecule has 0 spiro atoms. The Morgan fingerprint density at radius 2 is 2.21 bits per heavy atom. The third kappa shape index (κ3) is 4.51. The topological polar surface area (TPSA) is 42.2 Å². The maximum Gasteiger partial charge on any atom is 0.155 e. The maximum absolute atomic E-state index is 4.40. The summed E-state index contributed by atoms with van der Waals surface area (Å²) in [6.07, 6.45) is 10.0. The lowest BCUT2D eigenvalue weighted by Gasteiger charge is -2.05. The lowest BCUT2D eigenvalue weighted by atomic mass is 10.2. The minimum atomic E-state index is 0.865. The van der Waals surface area contributed by atoms with E-state index < -0.39 is 0 Å². The third-order valence-electron chi connectivity index (χ3n) is 3.02. The quantitative estimate of drug-likeness (QED) is 0.754. The average molecular weight is 278 g/mol. The second kappa shape index (κ2) is 7.50. The van der Waals surface area contributed by atoms with E-state index in [4.69, 9.17) is 0 Å². The summed E-state index contributed by atoms with van der Waals surface area (Å²) < 4.78 is 1.85. The molecule has 2 heterocycles. The Bertz CT molecular complexity index is 509. The van der Waals surface area contributed by atoms with Gasteiger partial charge in [0.1, 0.15) is 0 Å². The number of unbranched alkanes of at least 4 members (excludes halogenated alkanes) is 2. The zero-order valence-corrected chi connectivity index (χ0v) is 12.5. The minimum Gasteiger partial charge on any atom is -0.313 e. The summed E-state index contributed by atoms with van der Waals surface area (Å²) >= 11 is 1.93. The van der Waals surface area contributed by atoms with Crippen LogP contribution in [-0.2, 0) is 6.54 Å². The molecule has 2 aromatic heterocycles. The highest BCUT2D eigenvalue weighted by Crippen LogP contribution is 2.05. The Morgan fingerprint density at radius 1 is 1.32 bits per heavy atom. The number of nitrogens with zero attached hydrogens (tertiary/aromatic N) is 3. The highest BCUT2D eigenvalue weighted by Gasteiger charge is 2.00. The molecular formula is C14H22N4S. The number of thioether (sulfide) groups is 1. The van der Waals surface area contributed by atoms with E-state index in [9.17, 15) is 0 Å². The summed E-state index contributed by atoms with van der Waals surface area (Å²) in [6.45, 7) is 3.93. The first-order valence-corrected chi connectivity index (χ1v) is 8.19. The van der Waals surface area contributed by atoms with Gasteiger partial charge in [0.25, 0.3) is 0 Å². The Hall–Kier alpha value is -1.07. The van der Waals surface area contributed by atoms with Gasteiger partial charge in [-0.3, -0.25) is 0 Å². The van der Waals surface area contributed by atoms with Gasteiger partial charge in [-0.05, 0) is 38.3 Å². The highest BCUT2D eigenvalue weighted by molar-refractivity contribution is 7.98. The van der Waals surface area contributed by atoms with Crippen molar-refractivity contribution in [2.45, 2.75) is 32.7 Å². The van der Waals surface area contributed by atoms with E-state index in [-0.39, 0.29) is 0 Å². The van der Waals surface area contributed by atoms with Crippen LogP contribution in [0.2, 0.25) is 0 Å². The first-order chi connectivity index (χ1) is 9.29. The second-order valence-corrected chi connectivity index (χ2v) is 5.77. The van der Waals surface area contributed by atoms with Crippen LogP contribution in [0.15, 0.2) is 18.5 Å². The van der Waals surface area contributed by atoms with E-state index in [0.29, 0.717) is 0 Å². The molecule has 0 bridgehead atoms. The van der Waals surface area contributed by atoms with Crippen molar-refractivity contribution in [2.24, 2.45) is 0 Å². The predicted octanol–water partition coefficient (Wildman–Crippen LogP) is 2.66. The summed E-state index contributed by atoms with van der Waals surface area (Å²) in [5, 5.41) is 7.84. The van der Waals surface area contributed by atoms with Gasteiger partial charge in [-0.25, -0.2) is 9.50 Å². The molecule has 1 N–H and O–H groups in total. The maximum atomic E-state index is 4.40. The van der Waals surface area contributed by atoms with Crippen molar-refractivity contribution in [3.63, 3.8) is 0 Å². The van der Waals surface area contributed by atoms with Crippen molar-refractivity contribution in [1.29, 1.82) is 0 Å². The number of rotatable bonds is 8. The molecular weight excluding hydrogens is 256 g/mol. The van der Waals surface area contributed by atoms with E-state index in [2.05, 4.69) is 27.9 Å². The Morgan fingerprint density at radius 3 is 3.05 bits per heavy atom. The first kappa shape index (κ1) is 14.3. The van der Waals surface area contributed by atoms with Crippen molar-refractivity contribution in [3.8, 4) is 0 Å². The highest BCUT2D eigenvalue weighted by atomic mass is 32.2. The van der Waals surface area contributed by atoms with E-state index in [1.807, 2.05) is 35.5 Å². The summed E-state index contributed by atoms with van der Waals surface area (Å²) in [7, 11) is 0. The lowest BCUT2D eigenvalue weighted by molar-refractivity contribution is 0.616. The average Bonchev–Trinajstić information content (AvgIpc) is 2.77. The molecule has 0 atom stereocenters. The van der Waals surface area contributed by atoms with Gasteiger partial charge in [-0.2, -0.15) is 16.9 Å². The molecule has 0 saturated heterocycles. The van der Waals surface area contributed by atoms with E-state index >= 15 is 0 Å². The second-order valence-electron chi connectivity index (χ2n) is 4.78. The summed E-state index contributed by atoms with van der Waals surface area (Å²) in [5.74, 6) is 1.28. The zero-order chi connectivity index (χ0) is 13.5. The number of aryl methyl sites for hydroxylation is 1. The van der Waals surface area contributed by atoms with Crippen LogP contribution in [0.4, 0.5) is 0 Å². The van der Waals surface area contributed by atoms with Gasteiger partial charge in [0.15, 0.2) is 5.65 Å². The van der Waals surface area contributed by atoms with Crippen molar-refractivity contribution in [3.05, 3.63) is 29.7 Å². The molecule has 0 fully saturated rings. The molecule has 0 saturated carbocycles. The number of fused-ring (bicyclic) bond motifs is 1. The van der Waals surface area contributed by atoms with Gasteiger partial charge >= 0.3 is 0 Å². The molecule has 0 aromatic carbocycles. The monoisotopic (exact) mass is 278 g/mol. The van der Waals surface area contributed by atoms with Crippen molar-refractivity contribution in [1.82, 2.24) is 19.9 Å². The SMILES string of the molecule is CSCCCCCNCc1cnc2cc(C)nn2c1. The van der Waals surface area contributed by atoms with E-state index in [1.165, 1.54) is 30.6 Å². The number of nitrogens with one attached hydrogen (secondary N) is 1. The van der Waals surface area contributed by atoms with Crippen LogP contribution in [0.5, 0.6) is 0 Å².